The van der Waals surface area contributed by atoms with E-state index in [-0.39, 0.29) is 41.6 Å². The second kappa shape index (κ2) is 6.87. The van der Waals surface area contributed by atoms with Gasteiger partial charge in [-0.05, 0) is 25.1 Å². The number of nitrogens with zero attached hydrogens (tertiary/aromatic N) is 2. The normalized spacial score (nSPS) is 27.3. The Hall–Kier alpha value is -2.99. The standard InChI is InChI=1S/C22H24N4O2/c1-13-17-18(19(25(13)2)15-8-10-16(11-9-15)20(23)24)22(28)26(21(17)27)12-14-6-4-3-5-7-14/h3-11,13,17-19H,12H2,1-2H3,(H3,23,24). The molecular formula is C22H24N4O2. The van der Waals surface area contributed by atoms with E-state index in [9.17, 15) is 9.59 Å². The lowest BCUT2D eigenvalue weighted by molar-refractivity contribution is -0.142. The number of carbonyl (C=O) groups excluding carboxylic acids is 2. The molecule has 2 saturated heterocycles. The number of nitrogens with two attached hydrogens (primary N) is 1. The van der Waals surface area contributed by atoms with E-state index in [2.05, 4.69) is 4.90 Å². The van der Waals surface area contributed by atoms with Gasteiger partial charge in [0.05, 0.1) is 18.4 Å². The van der Waals surface area contributed by atoms with Crippen molar-refractivity contribution in [1.29, 1.82) is 5.41 Å². The molecule has 3 N–H and O–H groups in total. The number of hydrogen-bond donors (Lipinski definition) is 2. The van der Waals surface area contributed by atoms with E-state index in [1.807, 2.05) is 56.4 Å². The molecule has 4 atom stereocenters. The fraction of sp³-hybridized carbons (Fsp3) is 0.318. The van der Waals surface area contributed by atoms with Crippen LogP contribution in [-0.4, -0.2) is 40.5 Å². The maximum absolute atomic E-state index is 13.3. The highest BCUT2D eigenvalue weighted by atomic mass is 16.2. The molecule has 2 aromatic rings. The molecule has 0 radical (unpaired) electrons. The molecule has 2 heterocycles. The van der Waals surface area contributed by atoms with Gasteiger partial charge in [-0.3, -0.25) is 24.8 Å². The predicted molar refractivity (Wildman–Crippen MR) is 106 cm³/mol. The zero-order valence-corrected chi connectivity index (χ0v) is 16.0. The number of amides is 2. The molecule has 2 fully saturated rings. The minimum Gasteiger partial charge on any atom is -0.384 e. The topological polar surface area (TPSA) is 90.5 Å². The average molecular weight is 376 g/mol. The van der Waals surface area contributed by atoms with E-state index >= 15 is 0 Å². The Balaban J connectivity index is 1.66. The zero-order chi connectivity index (χ0) is 20.0. The first kappa shape index (κ1) is 18.4. The second-order valence-corrected chi connectivity index (χ2v) is 7.69. The van der Waals surface area contributed by atoms with Gasteiger partial charge >= 0.3 is 0 Å². The molecule has 6 nitrogen and oxygen atoms in total. The summed E-state index contributed by atoms with van der Waals surface area (Å²) in [5.41, 5.74) is 8.12. The third-order valence-corrected chi connectivity index (χ3v) is 6.18. The monoisotopic (exact) mass is 376 g/mol. The van der Waals surface area contributed by atoms with E-state index < -0.39 is 0 Å². The summed E-state index contributed by atoms with van der Waals surface area (Å²) in [6, 6.07) is 16.8. The van der Waals surface area contributed by atoms with Crippen molar-refractivity contribution in [2.75, 3.05) is 7.05 Å². The van der Waals surface area contributed by atoms with Gasteiger partial charge in [0.15, 0.2) is 0 Å². The van der Waals surface area contributed by atoms with E-state index in [0.717, 1.165) is 11.1 Å². The first-order valence-electron chi connectivity index (χ1n) is 9.45. The molecule has 0 aromatic heterocycles. The Kier molecular flexibility index (Phi) is 4.51. The maximum Gasteiger partial charge on any atom is 0.235 e. The van der Waals surface area contributed by atoms with Crippen molar-refractivity contribution in [3.63, 3.8) is 0 Å². The van der Waals surface area contributed by atoms with Crippen LogP contribution in [0.1, 0.15) is 29.7 Å². The van der Waals surface area contributed by atoms with Gasteiger partial charge in [0.1, 0.15) is 5.84 Å². The number of amidine groups is 1. The van der Waals surface area contributed by atoms with Gasteiger partial charge in [0.2, 0.25) is 11.8 Å². The van der Waals surface area contributed by atoms with Crippen LogP contribution < -0.4 is 5.73 Å². The number of fused-ring (bicyclic) bond motifs is 1. The van der Waals surface area contributed by atoms with E-state index in [1.54, 1.807) is 12.1 Å². The van der Waals surface area contributed by atoms with Crippen molar-refractivity contribution < 1.29 is 9.59 Å². The van der Waals surface area contributed by atoms with E-state index in [0.29, 0.717) is 12.1 Å². The van der Waals surface area contributed by atoms with Gasteiger partial charge in [0.25, 0.3) is 0 Å². The fourth-order valence-corrected chi connectivity index (χ4v) is 4.60. The number of carbonyl (C=O) groups is 2. The van der Waals surface area contributed by atoms with E-state index in [1.165, 1.54) is 4.90 Å². The molecular weight excluding hydrogens is 352 g/mol. The van der Waals surface area contributed by atoms with Gasteiger partial charge in [-0.2, -0.15) is 0 Å². The number of benzene rings is 2. The lowest BCUT2D eigenvalue weighted by Crippen LogP contribution is -2.38. The van der Waals surface area contributed by atoms with E-state index in [4.69, 9.17) is 11.1 Å². The second-order valence-electron chi connectivity index (χ2n) is 7.69. The van der Waals surface area contributed by atoms with Crippen LogP contribution in [0.4, 0.5) is 0 Å². The number of hydrogen-bond acceptors (Lipinski definition) is 4. The molecule has 0 spiro atoms. The average Bonchev–Trinajstić information content (AvgIpc) is 3.09. The summed E-state index contributed by atoms with van der Waals surface area (Å²) in [5.74, 6) is -0.895. The number of nitrogen functional groups attached to an aromatic ring is 1. The molecule has 2 amide bonds. The third-order valence-electron chi connectivity index (χ3n) is 6.18. The SMILES string of the molecule is CC1C2C(=O)N(Cc3ccccc3)C(=O)C2C(c2ccc(C(=N)N)cc2)N1C. The van der Waals surface area contributed by atoms with Crippen molar-refractivity contribution >= 4 is 17.6 Å². The Morgan fingerprint density at radius 1 is 1.00 bits per heavy atom. The van der Waals surface area contributed by atoms with Crippen LogP contribution in [0.15, 0.2) is 54.6 Å². The number of likely N-dealkylation sites (tertiary alicyclic amines) is 2. The number of imide groups is 1. The summed E-state index contributed by atoms with van der Waals surface area (Å²) < 4.78 is 0. The lowest BCUT2D eigenvalue weighted by atomic mass is 9.86. The van der Waals surface area contributed by atoms with Gasteiger partial charge < -0.3 is 5.73 Å². The third kappa shape index (κ3) is 2.81. The number of rotatable bonds is 4. The highest BCUT2D eigenvalue weighted by Crippen LogP contribution is 2.49. The van der Waals surface area contributed by atoms with Crippen molar-refractivity contribution in [3.05, 3.63) is 71.3 Å². The van der Waals surface area contributed by atoms with Crippen LogP contribution in [-0.2, 0) is 16.1 Å². The van der Waals surface area contributed by atoms with Crippen molar-refractivity contribution in [3.8, 4) is 0 Å². The lowest BCUT2D eigenvalue weighted by Gasteiger charge is -2.28. The first-order valence-corrected chi connectivity index (χ1v) is 9.45. The molecule has 4 rings (SSSR count). The summed E-state index contributed by atoms with van der Waals surface area (Å²) in [5, 5.41) is 7.56. The molecule has 0 aliphatic carbocycles. The van der Waals surface area contributed by atoms with Crippen LogP contribution in [0.2, 0.25) is 0 Å². The molecule has 28 heavy (non-hydrogen) atoms. The fourth-order valence-electron chi connectivity index (χ4n) is 4.60. The quantitative estimate of drug-likeness (QED) is 0.486. The minimum absolute atomic E-state index is 0.0127. The highest BCUT2D eigenvalue weighted by Gasteiger charge is 2.59. The smallest absolute Gasteiger partial charge is 0.235 e. The van der Waals surface area contributed by atoms with Gasteiger partial charge in [-0.25, -0.2) is 0 Å². The molecule has 4 unspecified atom stereocenters. The van der Waals surface area contributed by atoms with Crippen molar-refractivity contribution in [2.24, 2.45) is 17.6 Å². The Labute approximate surface area is 164 Å². The van der Waals surface area contributed by atoms with Crippen molar-refractivity contribution in [2.45, 2.75) is 25.6 Å². The Morgan fingerprint density at radius 2 is 1.61 bits per heavy atom. The molecule has 144 valence electrons. The molecule has 2 aliphatic rings. The molecule has 2 aromatic carbocycles. The van der Waals surface area contributed by atoms with Crippen LogP contribution >= 0.6 is 0 Å². The van der Waals surface area contributed by atoms with Crippen molar-refractivity contribution in [1.82, 2.24) is 9.80 Å². The molecule has 6 heteroatoms. The molecule has 0 bridgehead atoms. The van der Waals surface area contributed by atoms with Crippen LogP contribution in [0.3, 0.4) is 0 Å². The number of nitrogens with one attached hydrogen (secondary N) is 1. The Bertz CT molecular complexity index is 925. The summed E-state index contributed by atoms with van der Waals surface area (Å²) in [7, 11) is 1.97. The minimum atomic E-state index is -0.389. The molecule has 0 saturated carbocycles. The largest absolute Gasteiger partial charge is 0.384 e. The van der Waals surface area contributed by atoms with Crippen LogP contribution in [0.25, 0.3) is 0 Å². The highest BCUT2D eigenvalue weighted by molar-refractivity contribution is 6.06. The van der Waals surface area contributed by atoms with Gasteiger partial charge in [-0.15, -0.1) is 0 Å². The van der Waals surface area contributed by atoms with Gasteiger partial charge in [0, 0.05) is 17.6 Å². The van der Waals surface area contributed by atoms with Crippen LogP contribution in [0.5, 0.6) is 0 Å². The summed E-state index contributed by atoms with van der Waals surface area (Å²) in [4.78, 5) is 29.9. The zero-order valence-electron chi connectivity index (χ0n) is 16.0. The Morgan fingerprint density at radius 3 is 2.21 bits per heavy atom. The summed E-state index contributed by atoms with van der Waals surface area (Å²) in [6.45, 7) is 2.33. The van der Waals surface area contributed by atoms with Gasteiger partial charge in [-0.1, -0.05) is 54.6 Å². The van der Waals surface area contributed by atoms with Crippen LogP contribution in [0, 0.1) is 17.2 Å². The summed E-state index contributed by atoms with van der Waals surface area (Å²) in [6.07, 6.45) is 0. The predicted octanol–water partition coefficient (Wildman–Crippen LogP) is 2.15. The summed E-state index contributed by atoms with van der Waals surface area (Å²) >= 11 is 0. The molecule has 2 aliphatic heterocycles. The maximum atomic E-state index is 13.3. The first-order chi connectivity index (χ1) is 13.4.